The highest BCUT2D eigenvalue weighted by Gasteiger charge is 1.92. The lowest BCUT2D eigenvalue weighted by atomic mass is 10.5. The molecule has 1 nitrogen and oxygen atoms in total. The van der Waals surface area contributed by atoms with E-state index in [4.69, 9.17) is 0 Å². The first-order chi connectivity index (χ1) is 4.43. The van der Waals surface area contributed by atoms with Gasteiger partial charge in [0.15, 0.2) is 0 Å². The van der Waals surface area contributed by atoms with Crippen LogP contribution in [-0.4, -0.2) is 11.4 Å². The van der Waals surface area contributed by atoms with E-state index in [0.29, 0.717) is 0 Å². The van der Waals surface area contributed by atoms with E-state index in [-0.39, 0.29) is 0 Å². The van der Waals surface area contributed by atoms with Crippen molar-refractivity contribution >= 4 is 11.8 Å². The predicted octanol–water partition coefficient (Wildman–Crippen LogP) is 1.97. The molecule has 1 aliphatic rings. The summed E-state index contributed by atoms with van der Waals surface area (Å²) in [5.74, 6) is 0. The molecule has 9 heavy (non-hydrogen) atoms. The largest absolute Gasteiger partial charge is 0.342 e. The molecule has 0 amide bonds. The van der Waals surface area contributed by atoms with Crippen LogP contribution in [0.4, 0.5) is 0 Å². The molecule has 0 saturated heterocycles. The van der Waals surface area contributed by atoms with E-state index in [1.54, 1.807) is 11.8 Å². The first-order valence-electron chi connectivity index (χ1n) is 2.71. The Morgan fingerprint density at radius 1 is 1.78 bits per heavy atom. The third-order valence-electron chi connectivity index (χ3n) is 0.932. The van der Waals surface area contributed by atoms with E-state index in [1.807, 2.05) is 28.0 Å². The second-order valence-electron chi connectivity index (χ2n) is 1.61. The SMILES string of the molecule is C=CCN1[C]=CSC=C1. The van der Waals surface area contributed by atoms with Crippen molar-refractivity contribution in [3.8, 4) is 0 Å². The van der Waals surface area contributed by atoms with Gasteiger partial charge < -0.3 is 4.90 Å². The maximum Gasteiger partial charge on any atom is 0.0723 e. The normalized spacial score (nSPS) is 16.2. The average Bonchev–Trinajstić information content (AvgIpc) is 1.91. The molecule has 0 fully saturated rings. The molecule has 0 bridgehead atoms. The van der Waals surface area contributed by atoms with Crippen molar-refractivity contribution in [3.63, 3.8) is 0 Å². The van der Waals surface area contributed by atoms with E-state index in [2.05, 4.69) is 12.8 Å². The Morgan fingerprint density at radius 2 is 2.67 bits per heavy atom. The molecule has 0 aromatic carbocycles. The molecule has 2 heteroatoms. The van der Waals surface area contributed by atoms with Gasteiger partial charge in [-0.1, -0.05) is 6.08 Å². The zero-order valence-electron chi connectivity index (χ0n) is 5.08. The van der Waals surface area contributed by atoms with Crippen LogP contribution in [-0.2, 0) is 0 Å². The maximum absolute atomic E-state index is 3.62. The van der Waals surface area contributed by atoms with Gasteiger partial charge in [-0.25, -0.2) is 0 Å². The van der Waals surface area contributed by atoms with E-state index >= 15 is 0 Å². The molecule has 0 spiro atoms. The third kappa shape index (κ3) is 1.98. The summed E-state index contributed by atoms with van der Waals surface area (Å²) in [4.78, 5) is 1.95. The highest BCUT2D eigenvalue weighted by Crippen LogP contribution is 2.10. The topological polar surface area (TPSA) is 3.24 Å². The minimum absolute atomic E-state index is 0.841. The van der Waals surface area contributed by atoms with Crippen LogP contribution in [0.5, 0.6) is 0 Å². The number of thioether (sulfide) groups is 1. The second-order valence-corrected chi connectivity index (χ2v) is 2.39. The zero-order chi connectivity index (χ0) is 6.53. The number of hydrogen-bond acceptors (Lipinski definition) is 2. The molecule has 1 aliphatic heterocycles. The monoisotopic (exact) mass is 138 g/mol. The standard InChI is InChI=1S/C7H8NS/c1-2-3-8-4-6-9-7-5-8/h2,4,6-7H,1,3H2. The minimum Gasteiger partial charge on any atom is -0.342 e. The summed E-state index contributed by atoms with van der Waals surface area (Å²) in [6, 6.07) is 0. The lowest BCUT2D eigenvalue weighted by Gasteiger charge is -2.12. The van der Waals surface area contributed by atoms with Crippen LogP contribution < -0.4 is 0 Å². The highest BCUT2D eigenvalue weighted by atomic mass is 32.2. The van der Waals surface area contributed by atoms with Crippen molar-refractivity contribution in [3.05, 3.63) is 35.9 Å². The van der Waals surface area contributed by atoms with Crippen molar-refractivity contribution in [1.82, 2.24) is 4.90 Å². The Balaban J connectivity index is 2.39. The van der Waals surface area contributed by atoms with Gasteiger partial charge in [0.25, 0.3) is 0 Å². The molecule has 1 rings (SSSR count). The van der Waals surface area contributed by atoms with Gasteiger partial charge in [0.2, 0.25) is 0 Å². The van der Waals surface area contributed by atoms with Crippen molar-refractivity contribution in [2.45, 2.75) is 0 Å². The Kier molecular flexibility index (Phi) is 2.46. The molecule has 0 aliphatic carbocycles. The van der Waals surface area contributed by atoms with Gasteiger partial charge in [-0.05, 0) is 5.41 Å². The molecule has 47 valence electrons. The van der Waals surface area contributed by atoms with Crippen LogP contribution in [0.15, 0.2) is 29.7 Å². The molecule has 0 N–H and O–H groups in total. The van der Waals surface area contributed by atoms with Gasteiger partial charge in [0, 0.05) is 18.2 Å². The second kappa shape index (κ2) is 3.41. The Labute approximate surface area is 59.7 Å². The van der Waals surface area contributed by atoms with Gasteiger partial charge in [-0.15, -0.1) is 18.3 Å². The first kappa shape index (κ1) is 6.49. The van der Waals surface area contributed by atoms with Gasteiger partial charge >= 0.3 is 0 Å². The van der Waals surface area contributed by atoms with Crippen LogP contribution in [0, 0.1) is 6.20 Å². The van der Waals surface area contributed by atoms with Crippen LogP contribution >= 0.6 is 11.8 Å². The molecular weight excluding hydrogens is 130 g/mol. The zero-order valence-corrected chi connectivity index (χ0v) is 5.90. The molecular formula is C7H8NS. The van der Waals surface area contributed by atoms with Crippen LogP contribution in [0.3, 0.4) is 0 Å². The summed E-state index contributed by atoms with van der Waals surface area (Å²) in [5, 5.41) is 3.93. The van der Waals surface area contributed by atoms with Crippen molar-refractivity contribution in [1.29, 1.82) is 0 Å². The van der Waals surface area contributed by atoms with E-state index < -0.39 is 0 Å². The van der Waals surface area contributed by atoms with E-state index in [9.17, 15) is 0 Å². The number of rotatable bonds is 2. The summed E-state index contributed by atoms with van der Waals surface area (Å²) in [5.41, 5.74) is 0. The van der Waals surface area contributed by atoms with Gasteiger partial charge in [-0.2, -0.15) is 0 Å². The van der Waals surface area contributed by atoms with Crippen molar-refractivity contribution < 1.29 is 0 Å². The molecule has 0 aromatic heterocycles. The minimum atomic E-state index is 0.841. The summed E-state index contributed by atoms with van der Waals surface area (Å²) >= 11 is 1.63. The lowest BCUT2D eigenvalue weighted by Crippen LogP contribution is -2.09. The average molecular weight is 138 g/mol. The van der Waals surface area contributed by atoms with E-state index in [0.717, 1.165) is 6.54 Å². The summed E-state index contributed by atoms with van der Waals surface area (Å²) in [7, 11) is 0. The summed E-state index contributed by atoms with van der Waals surface area (Å²) in [6.07, 6.45) is 6.86. The fourth-order valence-electron chi connectivity index (χ4n) is 0.542. The van der Waals surface area contributed by atoms with Gasteiger partial charge in [0.1, 0.15) is 0 Å². The number of nitrogens with zero attached hydrogens (tertiary/aromatic N) is 1. The Bertz CT molecular complexity index is 137. The quantitative estimate of drug-likeness (QED) is 0.537. The predicted molar refractivity (Wildman–Crippen MR) is 41.4 cm³/mol. The Hall–Kier alpha value is -0.630. The van der Waals surface area contributed by atoms with E-state index in [1.165, 1.54) is 0 Å². The van der Waals surface area contributed by atoms with Crippen LogP contribution in [0.2, 0.25) is 0 Å². The smallest absolute Gasteiger partial charge is 0.0723 e. The fourth-order valence-corrected chi connectivity index (χ4v) is 1.03. The third-order valence-corrected chi connectivity index (χ3v) is 1.45. The van der Waals surface area contributed by atoms with Gasteiger partial charge in [0.05, 0.1) is 6.20 Å². The molecule has 0 unspecified atom stereocenters. The van der Waals surface area contributed by atoms with Crippen LogP contribution in [0.25, 0.3) is 0 Å². The maximum atomic E-state index is 3.62. The molecule has 1 radical (unpaired) electrons. The lowest BCUT2D eigenvalue weighted by molar-refractivity contribution is 0.543. The summed E-state index contributed by atoms with van der Waals surface area (Å²) in [6.45, 7) is 4.46. The van der Waals surface area contributed by atoms with Crippen molar-refractivity contribution in [2.75, 3.05) is 6.54 Å². The van der Waals surface area contributed by atoms with Crippen LogP contribution in [0.1, 0.15) is 0 Å². The van der Waals surface area contributed by atoms with Crippen molar-refractivity contribution in [2.24, 2.45) is 0 Å². The summed E-state index contributed by atoms with van der Waals surface area (Å²) < 4.78 is 0. The molecule has 0 aromatic rings. The van der Waals surface area contributed by atoms with Gasteiger partial charge in [-0.3, -0.25) is 0 Å². The molecule has 0 atom stereocenters. The fraction of sp³-hybridized carbons (Fsp3) is 0.143. The first-order valence-corrected chi connectivity index (χ1v) is 3.65. The number of hydrogen-bond donors (Lipinski definition) is 0. The highest BCUT2D eigenvalue weighted by molar-refractivity contribution is 8.04. The molecule has 0 saturated carbocycles. The Morgan fingerprint density at radius 3 is 3.22 bits per heavy atom. The molecule has 1 heterocycles.